The van der Waals surface area contributed by atoms with Crippen molar-refractivity contribution < 1.29 is 14.6 Å². The average Bonchev–Trinajstić information content (AvgIpc) is 3.00. The highest BCUT2D eigenvalue weighted by Crippen LogP contribution is 2.68. The molecule has 0 saturated heterocycles. The van der Waals surface area contributed by atoms with E-state index in [1.807, 2.05) is 6.92 Å². The van der Waals surface area contributed by atoms with Gasteiger partial charge < -0.3 is 9.84 Å². The van der Waals surface area contributed by atoms with Crippen LogP contribution in [-0.4, -0.2) is 29.7 Å². The number of ketones is 1. The molecule has 0 unspecified atom stereocenters. The third-order valence-electron chi connectivity index (χ3n) is 10.0. The van der Waals surface area contributed by atoms with Crippen LogP contribution in [0.3, 0.4) is 0 Å². The molecular formula is C25H42O3. The first-order valence-corrected chi connectivity index (χ1v) is 12.0. The molecule has 4 rings (SSSR count). The van der Waals surface area contributed by atoms with E-state index in [1.165, 1.54) is 32.1 Å². The number of fused-ring (bicyclic) bond motifs is 5. The Balaban J connectivity index is 1.50. The predicted octanol–water partition coefficient (Wildman–Crippen LogP) is 5.39. The second-order valence-corrected chi connectivity index (χ2v) is 11.4. The summed E-state index contributed by atoms with van der Waals surface area (Å²) in [7, 11) is 0. The maximum atomic E-state index is 12.3. The average molecular weight is 391 g/mol. The van der Waals surface area contributed by atoms with Crippen LogP contribution in [0.4, 0.5) is 0 Å². The van der Waals surface area contributed by atoms with Crippen LogP contribution in [0, 0.1) is 40.4 Å². The van der Waals surface area contributed by atoms with E-state index in [0.29, 0.717) is 29.6 Å². The van der Waals surface area contributed by atoms with E-state index in [4.69, 9.17) is 4.74 Å². The summed E-state index contributed by atoms with van der Waals surface area (Å²) < 4.78 is 5.77. The Morgan fingerprint density at radius 1 is 1.00 bits per heavy atom. The summed E-state index contributed by atoms with van der Waals surface area (Å²) in [6, 6.07) is 0. The van der Waals surface area contributed by atoms with Gasteiger partial charge in [0, 0.05) is 12.5 Å². The highest BCUT2D eigenvalue weighted by Gasteiger charge is 2.61. The smallest absolute Gasteiger partial charge is 0.133 e. The molecule has 4 aliphatic carbocycles. The van der Waals surface area contributed by atoms with Crippen molar-refractivity contribution in [3.63, 3.8) is 0 Å². The molecule has 0 aromatic rings. The minimum atomic E-state index is -0.609. The van der Waals surface area contributed by atoms with Crippen LogP contribution in [-0.2, 0) is 9.53 Å². The van der Waals surface area contributed by atoms with Crippen molar-refractivity contribution >= 4 is 5.78 Å². The highest BCUT2D eigenvalue weighted by atomic mass is 16.5. The number of carbonyl (C=O) groups is 1. The Morgan fingerprint density at radius 2 is 1.75 bits per heavy atom. The van der Waals surface area contributed by atoms with E-state index >= 15 is 0 Å². The third-order valence-corrected chi connectivity index (χ3v) is 10.0. The van der Waals surface area contributed by atoms with Gasteiger partial charge in [0.2, 0.25) is 0 Å². The number of carbonyl (C=O) groups excluding carboxylic acids is 1. The fourth-order valence-corrected chi connectivity index (χ4v) is 8.53. The summed E-state index contributed by atoms with van der Waals surface area (Å²) in [5.41, 5.74) is 0.0115. The Hall–Kier alpha value is -0.410. The Morgan fingerprint density at radius 3 is 2.46 bits per heavy atom. The fraction of sp³-hybridized carbons (Fsp3) is 0.960. The largest absolute Gasteiger partial charge is 0.387 e. The van der Waals surface area contributed by atoms with Crippen molar-refractivity contribution in [2.45, 2.75) is 97.5 Å². The minimum absolute atomic E-state index is 0.250. The van der Waals surface area contributed by atoms with Crippen molar-refractivity contribution in [2.24, 2.45) is 40.4 Å². The van der Waals surface area contributed by atoms with Gasteiger partial charge in [-0.15, -0.1) is 0 Å². The van der Waals surface area contributed by atoms with E-state index in [9.17, 15) is 9.90 Å². The van der Waals surface area contributed by atoms with E-state index in [-0.39, 0.29) is 5.41 Å². The molecule has 28 heavy (non-hydrogen) atoms. The first-order chi connectivity index (χ1) is 13.2. The third kappa shape index (κ3) is 3.20. The maximum Gasteiger partial charge on any atom is 0.133 e. The number of rotatable bonds is 5. The zero-order chi connectivity index (χ0) is 20.2. The maximum absolute atomic E-state index is 12.3. The molecule has 0 amide bonds. The number of Topliss-reactive ketones (excluding diaryl/α,β-unsaturated/α-hetero) is 1. The quantitative estimate of drug-likeness (QED) is 0.640. The first-order valence-electron chi connectivity index (χ1n) is 12.0. The van der Waals surface area contributed by atoms with Crippen LogP contribution in [0.2, 0.25) is 0 Å². The van der Waals surface area contributed by atoms with Gasteiger partial charge in [-0.3, -0.25) is 4.79 Å². The molecule has 0 radical (unpaired) electrons. The molecule has 160 valence electrons. The second-order valence-electron chi connectivity index (χ2n) is 11.4. The van der Waals surface area contributed by atoms with Crippen molar-refractivity contribution in [3.05, 3.63) is 0 Å². The van der Waals surface area contributed by atoms with Gasteiger partial charge in [-0.2, -0.15) is 0 Å². The van der Waals surface area contributed by atoms with Crippen LogP contribution >= 0.6 is 0 Å². The number of aliphatic hydroxyl groups is 1. The number of ether oxygens (including phenoxy) is 1. The lowest BCUT2D eigenvalue weighted by atomic mass is 9.44. The normalized spacial score (nSPS) is 50.5. The van der Waals surface area contributed by atoms with Crippen molar-refractivity contribution in [1.29, 1.82) is 0 Å². The summed E-state index contributed by atoms with van der Waals surface area (Å²) >= 11 is 0. The standard InChI is InChI=1S/C25H42O3/c1-5-14-28-16-25(27)13-12-23(3)18(15-25)6-7-19-21-9-8-20(17(2)26)24(21,4)11-10-22(19)23/h18-22,27H,5-16H2,1-4H3/t18-,19-,20+,21-,22-,23-,24+,25+/m0/s1. The molecule has 1 N–H and O–H groups in total. The number of hydrogen-bond acceptors (Lipinski definition) is 3. The predicted molar refractivity (Wildman–Crippen MR) is 112 cm³/mol. The molecule has 3 nitrogen and oxygen atoms in total. The van der Waals surface area contributed by atoms with Crippen molar-refractivity contribution in [3.8, 4) is 0 Å². The van der Waals surface area contributed by atoms with Gasteiger partial charge in [0.15, 0.2) is 0 Å². The summed E-state index contributed by atoms with van der Waals surface area (Å²) in [4.78, 5) is 12.3. The van der Waals surface area contributed by atoms with Gasteiger partial charge in [0.25, 0.3) is 0 Å². The van der Waals surface area contributed by atoms with E-state index in [0.717, 1.165) is 56.5 Å². The van der Waals surface area contributed by atoms with Crippen LogP contribution < -0.4 is 0 Å². The van der Waals surface area contributed by atoms with E-state index in [1.54, 1.807) is 0 Å². The summed E-state index contributed by atoms with van der Waals surface area (Å²) in [5.74, 6) is 3.69. The van der Waals surface area contributed by atoms with E-state index < -0.39 is 5.60 Å². The van der Waals surface area contributed by atoms with E-state index in [2.05, 4.69) is 20.8 Å². The van der Waals surface area contributed by atoms with Crippen LogP contribution in [0.15, 0.2) is 0 Å². The fourth-order valence-electron chi connectivity index (χ4n) is 8.53. The topological polar surface area (TPSA) is 46.5 Å². The Labute approximate surface area is 172 Å². The molecule has 4 aliphatic rings. The molecule has 0 spiro atoms. The first kappa shape index (κ1) is 20.8. The molecular weight excluding hydrogens is 348 g/mol. The zero-order valence-electron chi connectivity index (χ0n) is 18.6. The molecule has 0 aromatic carbocycles. The molecule has 0 aromatic heterocycles. The highest BCUT2D eigenvalue weighted by molar-refractivity contribution is 5.79. The summed E-state index contributed by atoms with van der Waals surface area (Å²) in [6.45, 7) is 10.2. The Kier molecular flexibility index (Phi) is 5.49. The van der Waals surface area contributed by atoms with Gasteiger partial charge in [0.05, 0.1) is 12.2 Å². The SMILES string of the molecule is CCCOC[C@@]1(O)CC[C@@]2(C)[C@@H](CC[C@@H]3[C@@H]2CC[C@]2(C)[C@@H](C(C)=O)CC[C@@H]32)C1. The molecule has 8 atom stereocenters. The lowest BCUT2D eigenvalue weighted by molar-refractivity contribution is -0.166. The molecule has 4 fully saturated rings. The van der Waals surface area contributed by atoms with Gasteiger partial charge in [-0.25, -0.2) is 0 Å². The molecule has 4 saturated carbocycles. The summed E-state index contributed by atoms with van der Waals surface area (Å²) in [6.07, 6.45) is 11.4. The van der Waals surface area contributed by atoms with Crippen molar-refractivity contribution in [2.75, 3.05) is 13.2 Å². The Bertz CT molecular complexity index is 603. The van der Waals surface area contributed by atoms with Crippen molar-refractivity contribution in [1.82, 2.24) is 0 Å². The van der Waals surface area contributed by atoms with Gasteiger partial charge >= 0.3 is 0 Å². The van der Waals surface area contributed by atoms with Gasteiger partial charge in [-0.05, 0) is 106 Å². The number of hydrogen-bond donors (Lipinski definition) is 1. The molecule has 0 bridgehead atoms. The van der Waals surface area contributed by atoms with Crippen LogP contribution in [0.5, 0.6) is 0 Å². The second kappa shape index (κ2) is 7.38. The summed E-state index contributed by atoms with van der Waals surface area (Å²) in [5, 5.41) is 11.2. The molecule has 3 heteroatoms. The lowest BCUT2D eigenvalue weighted by Crippen LogP contribution is -2.56. The minimum Gasteiger partial charge on any atom is -0.387 e. The van der Waals surface area contributed by atoms with Crippen LogP contribution in [0.25, 0.3) is 0 Å². The zero-order valence-corrected chi connectivity index (χ0v) is 18.6. The molecule has 0 heterocycles. The monoisotopic (exact) mass is 390 g/mol. The molecule has 0 aliphatic heterocycles. The lowest BCUT2D eigenvalue weighted by Gasteiger charge is -2.62. The van der Waals surface area contributed by atoms with Gasteiger partial charge in [0.1, 0.15) is 5.78 Å². The van der Waals surface area contributed by atoms with Gasteiger partial charge in [-0.1, -0.05) is 20.8 Å². The van der Waals surface area contributed by atoms with Crippen LogP contribution in [0.1, 0.15) is 91.9 Å².